The highest BCUT2D eigenvalue weighted by Gasteiger charge is 2.14. The van der Waals surface area contributed by atoms with Gasteiger partial charge in [0.15, 0.2) is 0 Å². The molecule has 142 valence electrons. The summed E-state index contributed by atoms with van der Waals surface area (Å²) >= 11 is 0. The van der Waals surface area contributed by atoms with Crippen LogP contribution in [0.4, 0.5) is 4.39 Å². The molecule has 1 amide bonds. The first-order chi connectivity index (χ1) is 11.9. The second kappa shape index (κ2) is 10.8. The van der Waals surface area contributed by atoms with Crippen molar-refractivity contribution in [3.05, 3.63) is 65.5 Å². The zero-order valence-corrected chi connectivity index (χ0v) is 15.9. The molecule has 0 aliphatic carbocycles. The van der Waals surface area contributed by atoms with E-state index in [0.29, 0.717) is 31.2 Å². The molecule has 0 heterocycles. The third-order valence-electron chi connectivity index (χ3n) is 3.75. The molecule has 0 spiro atoms. The number of rotatable bonds is 8. The van der Waals surface area contributed by atoms with Gasteiger partial charge in [-0.25, -0.2) is 4.39 Å². The summed E-state index contributed by atoms with van der Waals surface area (Å²) in [6, 6.07) is 13.3. The van der Waals surface area contributed by atoms with E-state index in [0.717, 1.165) is 11.1 Å². The molecule has 2 aromatic carbocycles. The van der Waals surface area contributed by atoms with E-state index in [1.54, 1.807) is 6.07 Å². The first-order valence-corrected chi connectivity index (χ1v) is 8.43. The number of benzene rings is 2. The minimum atomic E-state index is -0.478. The third-order valence-corrected chi connectivity index (χ3v) is 3.75. The SMILES string of the molecule is CC(C)C[C@H](N)C(=O)NCc1ccc(OCc2cccc(F)c2)cc1.Cl. The molecule has 6 heteroatoms. The summed E-state index contributed by atoms with van der Waals surface area (Å²) in [5.41, 5.74) is 7.59. The molecule has 3 N–H and O–H groups in total. The Kier molecular flexibility index (Phi) is 9.10. The number of nitrogens with two attached hydrogens (primary N) is 1. The molecule has 1 atom stereocenters. The Morgan fingerprint density at radius 3 is 2.46 bits per heavy atom. The predicted molar refractivity (Wildman–Crippen MR) is 104 cm³/mol. The molecule has 0 saturated carbocycles. The highest BCUT2D eigenvalue weighted by atomic mass is 35.5. The van der Waals surface area contributed by atoms with Gasteiger partial charge in [0.2, 0.25) is 5.91 Å². The van der Waals surface area contributed by atoms with Crippen molar-refractivity contribution in [1.29, 1.82) is 0 Å². The summed E-state index contributed by atoms with van der Waals surface area (Å²) < 4.78 is 18.8. The van der Waals surface area contributed by atoms with E-state index in [1.165, 1.54) is 12.1 Å². The molecule has 26 heavy (non-hydrogen) atoms. The van der Waals surface area contributed by atoms with Crippen LogP contribution in [0.25, 0.3) is 0 Å². The monoisotopic (exact) mass is 380 g/mol. The van der Waals surface area contributed by atoms with Crippen LogP contribution in [-0.4, -0.2) is 11.9 Å². The third kappa shape index (κ3) is 7.42. The van der Waals surface area contributed by atoms with Crippen molar-refractivity contribution in [2.75, 3.05) is 0 Å². The van der Waals surface area contributed by atoms with Crippen molar-refractivity contribution in [2.45, 2.75) is 39.5 Å². The number of amides is 1. The van der Waals surface area contributed by atoms with Crippen molar-refractivity contribution >= 4 is 18.3 Å². The lowest BCUT2D eigenvalue weighted by molar-refractivity contribution is -0.122. The van der Waals surface area contributed by atoms with E-state index >= 15 is 0 Å². The average molecular weight is 381 g/mol. The van der Waals surface area contributed by atoms with Crippen LogP contribution >= 0.6 is 12.4 Å². The van der Waals surface area contributed by atoms with Crippen LogP contribution < -0.4 is 15.8 Å². The fourth-order valence-corrected chi connectivity index (χ4v) is 2.43. The largest absolute Gasteiger partial charge is 0.489 e. The number of ether oxygens (including phenoxy) is 1. The van der Waals surface area contributed by atoms with Crippen molar-refractivity contribution in [3.8, 4) is 5.75 Å². The van der Waals surface area contributed by atoms with E-state index in [-0.39, 0.29) is 24.1 Å². The van der Waals surface area contributed by atoms with Gasteiger partial charge >= 0.3 is 0 Å². The lowest BCUT2D eigenvalue weighted by atomic mass is 10.0. The first-order valence-electron chi connectivity index (χ1n) is 8.43. The molecular formula is C20H26ClFN2O2. The van der Waals surface area contributed by atoms with Gasteiger partial charge in [-0.2, -0.15) is 0 Å². The maximum absolute atomic E-state index is 13.1. The van der Waals surface area contributed by atoms with Crippen LogP contribution in [0, 0.1) is 11.7 Å². The summed E-state index contributed by atoms with van der Waals surface area (Å²) in [4.78, 5) is 11.9. The van der Waals surface area contributed by atoms with Crippen LogP contribution in [-0.2, 0) is 17.9 Å². The van der Waals surface area contributed by atoms with Crippen molar-refractivity contribution in [2.24, 2.45) is 11.7 Å². The van der Waals surface area contributed by atoms with Gasteiger partial charge in [0.25, 0.3) is 0 Å². The highest BCUT2D eigenvalue weighted by Crippen LogP contribution is 2.15. The Morgan fingerprint density at radius 1 is 1.15 bits per heavy atom. The highest BCUT2D eigenvalue weighted by molar-refractivity contribution is 5.85. The topological polar surface area (TPSA) is 64.4 Å². The Hall–Kier alpha value is -2.11. The molecule has 0 aromatic heterocycles. The molecule has 0 aliphatic rings. The number of hydrogen-bond donors (Lipinski definition) is 2. The van der Waals surface area contributed by atoms with Gasteiger partial charge in [-0.15, -0.1) is 12.4 Å². The van der Waals surface area contributed by atoms with Gasteiger partial charge in [-0.1, -0.05) is 38.1 Å². The number of halogens is 2. The van der Waals surface area contributed by atoms with Crippen LogP contribution in [0.15, 0.2) is 48.5 Å². The number of nitrogens with one attached hydrogen (secondary N) is 1. The quantitative estimate of drug-likeness (QED) is 0.731. The van der Waals surface area contributed by atoms with Gasteiger partial charge < -0.3 is 15.8 Å². The lowest BCUT2D eigenvalue weighted by Gasteiger charge is -2.14. The molecule has 0 fully saturated rings. The number of carbonyl (C=O) groups is 1. The molecule has 0 radical (unpaired) electrons. The Bertz CT molecular complexity index is 692. The summed E-state index contributed by atoms with van der Waals surface area (Å²) in [6.45, 7) is 4.80. The second-order valence-electron chi connectivity index (χ2n) is 6.52. The molecule has 0 bridgehead atoms. The Balaban J connectivity index is 0.00000338. The van der Waals surface area contributed by atoms with Crippen LogP contribution in [0.3, 0.4) is 0 Å². The molecule has 0 saturated heterocycles. The van der Waals surface area contributed by atoms with Gasteiger partial charge in [-0.05, 0) is 47.7 Å². The van der Waals surface area contributed by atoms with E-state index in [9.17, 15) is 9.18 Å². The number of hydrogen-bond acceptors (Lipinski definition) is 3. The summed E-state index contributed by atoms with van der Waals surface area (Å²) in [5, 5.41) is 2.84. The second-order valence-corrected chi connectivity index (χ2v) is 6.52. The first kappa shape index (κ1) is 21.9. The molecule has 4 nitrogen and oxygen atoms in total. The summed E-state index contributed by atoms with van der Waals surface area (Å²) in [6.07, 6.45) is 0.665. The standard InChI is InChI=1S/C20H25FN2O2.ClH/c1-14(2)10-19(22)20(24)23-12-15-6-8-18(9-7-15)25-13-16-4-3-5-17(21)11-16;/h3-9,11,14,19H,10,12-13,22H2,1-2H3,(H,23,24);1H/t19-;/m0./s1. The predicted octanol–water partition coefficient (Wildman–Crippen LogP) is 3.82. The fraction of sp³-hybridized carbons (Fsp3) is 0.350. The van der Waals surface area contributed by atoms with Crippen LogP contribution in [0.2, 0.25) is 0 Å². The zero-order valence-electron chi connectivity index (χ0n) is 15.1. The minimum Gasteiger partial charge on any atom is -0.489 e. The van der Waals surface area contributed by atoms with E-state index in [2.05, 4.69) is 5.32 Å². The molecule has 0 aliphatic heterocycles. The Morgan fingerprint density at radius 2 is 1.85 bits per heavy atom. The van der Waals surface area contributed by atoms with Gasteiger partial charge in [0, 0.05) is 6.54 Å². The minimum absolute atomic E-state index is 0. The molecule has 2 rings (SSSR count). The normalized spacial score (nSPS) is 11.6. The Labute approximate surface area is 160 Å². The van der Waals surface area contributed by atoms with Gasteiger partial charge in [0.1, 0.15) is 18.2 Å². The van der Waals surface area contributed by atoms with E-state index in [1.807, 2.05) is 44.2 Å². The molecular weight excluding hydrogens is 355 g/mol. The maximum atomic E-state index is 13.1. The molecule has 2 aromatic rings. The van der Waals surface area contributed by atoms with Crippen molar-refractivity contribution in [3.63, 3.8) is 0 Å². The maximum Gasteiger partial charge on any atom is 0.237 e. The van der Waals surface area contributed by atoms with E-state index in [4.69, 9.17) is 10.5 Å². The fourth-order valence-electron chi connectivity index (χ4n) is 2.43. The van der Waals surface area contributed by atoms with Crippen molar-refractivity contribution < 1.29 is 13.9 Å². The van der Waals surface area contributed by atoms with Crippen LogP contribution in [0.1, 0.15) is 31.4 Å². The van der Waals surface area contributed by atoms with Crippen LogP contribution in [0.5, 0.6) is 5.75 Å². The van der Waals surface area contributed by atoms with Crippen molar-refractivity contribution in [1.82, 2.24) is 5.32 Å². The summed E-state index contributed by atoms with van der Waals surface area (Å²) in [7, 11) is 0. The smallest absolute Gasteiger partial charge is 0.237 e. The number of carbonyl (C=O) groups excluding carboxylic acids is 1. The zero-order chi connectivity index (χ0) is 18.2. The molecule has 0 unspecified atom stereocenters. The lowest BCUT2D eigenvalue weighted by Crippen LogP contribution is -2.40. The summed E-state index contributed by atoms with van der Waals surface area (Å²) in [5.74, 6) is 0.661. The van der Waals surface area contributed by atoms with Gasteiger partial charge in [0.05, 0.1) is 6.04 Å². The van der Waals surface area contributed by atoms with E-state index < -0.39 is 6.04 Å². The average Bonchev–Trinajstić information content (AvgIpc) is 2.58. The van der Waals surface area contributed by atoms with Gasteiger partial charge in [-0.3, -0.25) is 4.79 Å².